The highest BCUT2D eigenvalue weighted by molar-refractivity contribution is 5.94. The summed E-state index contributed by atoms with van der Waals surface area (Å²) in [5.74, 6) is 0.0229. The zero-order valence-electron chi connectivity index (χ0n) is 14.8. The van der Waals surface area contributed by atoms with Crippen LogP contribution in [0.5, 0.6) is 0 Å². The Kier molecular flexibility index (Phi) is 4.84. The second-order valence-corrected chi connectivity index (χ2v) is 6.36. The first-order valence-corrected chi connectivity index (χ1v) is 8.88. The van der Waals surface area contributed by atoms with Crippen LogP contribution in [0.4, 0.5) is 5.69 Å². The number of hydrogen-bond acceptors (Lipinski definition) is 5. The molecule has 1 N–H and O–H groups in total. The minimum atomic E-state index is -0.139. The number of carbonyl (C=O) groups is 1. The summed E-state index contributed by atoms with van der Waals surface area (Å²) in [6.45, 7) is 2.90. The van der Waals surface area contributed by atoms with Gasteiger partial charge in [0.05, 0.1) is 19.4 Å². The van der Waals surface area contributed by atoms with Crippen LogP contribution in [-0.4, -0.2) is 46.5 Å². The summed E-state index contributed by atoms with van der Waals surface area (Å²) >= 11 is 0. The van der Waals surface area contributed by atoms with Crippen LogP contribution in [-0.2, 0) is 11.3 Å². The fraction of sp³-hybridized carbons (Fsp3) is 0.250. The molecule has 2 aromatic heterocycles. The highest BCUT2D eigenvalue weighted by Gasteiger charge is 2.18. The van der Waals surface area contributed by atoms with Crippen molar-refractivity contribution in [1.82, 2.24) is 14.3 Å². The van der Waals surface area contributed by atoms with Crippen molar-refractivity contribution in [3.05, 3.63) is 76.3 Å². The van der Waals surface area contributed by atoms with Crippen molar-refractivity contribution in [2.75, 3.05) is 31.6 Å². The summed E-state index contributed by atoms with van der Waals surface area (Å²) in [4.78, 5) is 31.0. The number of amides is 1. The number of carbonyl (C=O) groups excluding carboxylic acids is 1. The monoisotopic (exact) mass is 364 g/mol. The Morgan fingerprint density at radius 3 is 2.67 bits per heavy atom. The number of hydrogen-bond donors (Lipinski definition) is 1. The number of rotatable bonds is 4. The van der Waals surface area contributed by atoms with Crippen LogP contribution in [0, 0.1) is 0 Å². The maximum absolute atomic E-state index is 12.5. The van der Waals surface area contributed by atoms with Gasteiger partial charge in [-0.05, 0) is 29.8 Å². The summed E-state index contributed by atoms with van der Waals surface area (Å²) < 4.78 is 6.79. The molecule has 3 aromatic rings. The molecule has 1 aliphatic heterocycles. The molecule has 0 aliphatic carbocycles. The van der Waals surface area contributed by atoms with Gasteiger partial charge < -0.3 is 15.0 Å². The van der Waals surface area contributed by atoms with Crippen LogP contribution < -0.4 is 10.9 Å². The lowest BCUT2D eigenvalue weighted by Crippen LogP contribution is -2.40. The smallest absolute Gasteiger partial charge is 0.281 e. The van der Waals surface area contributed by atoms with E-state index in [4.69, 9.17) is 4.74 Å². The number of nitrogens with zero attached hydrogens (tertiary/aromatic N) is 3. The molecule has 1 saturated heterocycles. The standard InChI is InChI=1S/C20H20N4O3/c25-19(23-9-11-27-12-10-23)16-6-4-15(5-7-16)13-21-17-14-22-18-3-1-2-8-24(18)20(17)26/h1-8,14,21H,9-13H2. The minimum absolute atomic E-state index is 0.0229. The first-order valence-electron chi connectivity index (χ1n) is 8.88. The highest BCUT2D eigenvalue weighted by atomic mass is 16.5. The van der Waals surface area contributed by atoms with Crippen LogP contribution in [0.15, 0.2) is 59.7 Å². The van der Waals surface area contributed by atoms with E-state index < -0.39 is 0 Å². The maximum Gasteiger partial charge on any atom is 0.281 e. The fourth-order valence-electron chi connectivity index (χ4n) is 3.06. The van der Waals surface area contributed by atoms with Crippen molar-refractivity contribution < 1.29 is 9.53 Å². The van der Waals surface area contributed by atoms with Gasteiger partial charge >= 0.3 is 0 Å². The van der Waals surface area contributed by atoms with Crippen LogP contribution in [0.2, 0.25) is 0 Å². The molecule has 7 nitrogen and oxygen atoms in total. The van der Waals surface area contributed by atoms with E-state index in [9.17, 15) is 9.59 Å². The number of ether oxygens (including phenoxy) is 1. The molecule has 138 valence electrons. The molecule has 0 spiro atoms. The molecule has 1 fully saturated rings. The Labute approximate surface area is 156 Å². The normalized spacial score (nSPS) is 14.3. The molecule has 7 heteroatoms. The van der Waals surface area contributed by atoms with Crippen LogP contribution in [0.25, 0.3) is 5.65 Å². The molecule has 0 saturated carbocycles. The number of fused-ring (bicyclic) bond motifs is 1. The van der Waals surface area contributed by atoms with Gasteiger partial charge in [0.2, 0.25) is 0 Å². The van der Waals surface area contributed by atoms with Crippen molar-refractivity contribution in [3.8, 4) is 0 Å². The molecule has 0 bridgehead atoms. The molecule has 1 aromatic carbocycles. The summed E-state index contributed by atoms with van der Waals surface area (Å²) in [7, 11) is 0. The fourth-order valence-corrected chi connectivity index (χ4v) is 3.06. The first-order chi connectivity index (χ1) is 13.2. The SMILES string of the molecule is O=C(c1ccc(CNc2cnc3ccccn3c2=O)cc1)N1CCOCC1. The summed E-state index contributed by atoms with van der Waals surface area (Å²) in [6.07, 6.45) is 3.25. The quantitative estimate of drug-likeness (QED) is 0.764. The second kappa shape index (κ2) is 7.59. The van der Waals surface area contributed by atoms with E-state index in [-0.39, 0.29) is 11.5 Å². The Morgan fingerprint density at radius 2 is 1.89 bits per heavy atom. The molecule has 1 aliphatic rings. The predicted molar refractivity (Wildman–Crippen MR) is 102 cm³/mol. The number of benzene rings is 1. The average molecular weight is 364 g/mol. The van der Waals surface area contributed by atoms with Crippen molar-refractivity contribution in [2.24, 2.45) is 0 Å². The maximum atomic E-state index is 12.5. The number of nitrogens with one attached hydrogen (secondary N) is 1. The van der Waals surface area contributed by atoms with Crippen LogP contribution in [0.1, 0.15) is 15.9 Å². The Morgan fingerprint density at radius 1 is 1.11 bits per heavy atom. The van der Waals surface area contributed by atoms with E-state index in [1.807, 2.05) is 30.3 Å². The van der Waals surface area contributed by atoms with Gasteiger partial charge in [-0.3, -0.25) is 14.0 Å². The van der Waals surface area contributed by atoms with Gasteiger partial charge in [0.1, 0.15) is 11.3 Å². The molecule has 4 rings (SSSR count). The van der Waals surface area contributed by atoms with E-state index in [2.05, 4.69) is 10.3 Å². The molecule has 0 radical (unpaired) electrons. The number of anilines is 1. The van der Waals surface area contributed by atoms with Crippen LogP contribution >= 0.6 is 0 Å². The van der Waals surface area contributed by atoms with Gasteiger partial charge in [0.15, 0.2) is 0 Å². The van der Waals surface area contributed by atoms with Gasteiger partial charge in [0, 0.05) is 31.4 Å². The topological polar surface area (TPSA) is 75.9 Å². The summed E-state index contributed by atoms with van der Waals surface area (Å²) in [6, 6.07) is 12.9. The van der Waals surface area contributed by atoms with Crippen molar-refractivity contribution in [1.29, 1.82) is 0 Å². The van der Waals surface area contributed by atoms with Crippen molar-refractivity contribution in [3.63, 3.8) is 0 Å². The first kappa shape index (κ1) is 17.2. The molecule has 3 heterocycles. The zero-order chi connectivity index (χ0) is 18.6. The number of pyridine rings is 1. The molecule has 0 unspecified atom stereocenters. The van der Waals surface area contributed by atoms with Gasteiger partial charge in [0.25, 0.3) is 11.5 Å². The summed E-state index contributed by atoms with van der Waals surface area (Å²) in [5.41, 5.74) is 2.55. The predicted octanol–water partition coefficient (Wildman–Crippen LogP) is 1.78. The lowest BCUT2D eigenvalue weighted by Gasteiger charge is -2.26. The molecular weight excluding hydrogens is 344 g/mol. The van der Waals surface area contributed by atoms with E-state index in [0.717, 1.165) is 5.56 Å². The average Bonchev–Trinajstić information content (AvgIpc) is 2.74. The third-order valence-electron chi connectivity index (χ3n) is 4.60. The van der Waals surface area contributed by atoms with Gasteiger partial charge in [-0.2, -0.15) is 0 Å². The molecule has 27 heavy (non-hydrogen) atoms. The van der Waals surface area contributed by atoms with E-state index in [0.29, 0.717) is 49.7 Å². The lowest BCUT2D eigenvalue weighted by atomic mass is 10.1. The minimum Gasteiger partial charge on any atom is -0.378 e. The van der Waals surface area contributed by atoms with Crippen molar-refractivity contribution >= 4 is 17.2 Å². The third kappa shape index (κ3) is 3.68. The van der Waals surface area contributed by atoms with E-state index >= 15 is 0 Å². The third-order valence-corrected chi connectivity index (χ3v) is 4.60. The Balaban J connectivity index is 1.44. The van der Waals surface area contributed by atoms with Gasteiger partial charge in [-0.15, -0.1) is 0 Å². The van der Waals surface area contributed by atoms with Crippen molar-refractivity contribution in [2.45, 2.75) is 6.54 Å². The largest absolute Gasteiger partial charge is 0.378 e. The second-order valence-electron chi connectivity index (χ2n) is 6.36. The Hall–Kier alpha value is -3.19. The van der Waals surface area contributed by atoms with Gasteiger partial charge in [-0.25, -0.2) is 4.98 Å². The van der Waals surface area contributed by atoms with E-state index in [1.54, 1.807) is 29.4 Å². The molecule has 0 atom stereocenters. The van der Waals surface area contributed by atoms with E-state index in [1.165, 1.54) is 4.40 Å². The van der Waals surface area contributed by atoms with Gasteiger partial charge in [-0.1, -0.05) is 18.2 Å². The Bertz CT molecular complexity index is 1010. The molecular formula is C20H20N4O3. The highest BCUT2D eigenvalue weighted by Crippen LogP contribution is 2.11. The van der Waals surface area contributed by atoms with Crippen LogP contribution in [0.3, 0.4) is 0 Å². The number of morpholine rings is 1. The summed E-state index contributed by atoms with van der Waals surface area (Å²) in [5, 5.41) is 3.13. The number of aromatic nitrogens is 2. The molecule has 1 amide bonds. The zero-order valence-corrected chi connectivity index (χ0v) is 14.8. The lowest BCUT2D eigenvalue weighted by molar-refractivity contribution is 0.0303.